The first kappa shape index (κ1) is 13.2. The van der Waals surface area contributed by atoms with E-state index in [0.29, 0.717) is 24.2 Å². The molecule has 1 aliphatic heterocycles. The molecule has 0 saturated carbocycles. The molecular weight excluding hydrogens is 259 g/mol. The number of amides is 1. The fourth-order valence-corrected chi connectivity index (χ4v) is 2.99. The van der Waals surface area contributed by atoms with Crippen molar-refractivity contribution in [1.82, 2.24) is 9.80 Å². The van der Waals surface area contributed by atoms with Gasteiger partial charge < -0.3 is 9.80 Å². The molecule has 1 saturated heterocycles. The smallest absolute Gasteiger partial charge is 0.230 e. The topological polar surface area (TPSA) is 40.6 Å². The molecule has 0 bridgehead atoms. The highest BCUT2D eigenvalue weighted by molar-refractivity contribution is 6.06. The predicted molar refractivity (Wildman–Crippen MR) is 72.2 cm³/mol. The first-order valence-electron chi connectivity index (χ1n) is 6.87. The molecule has 20 heavy (non-hydrogen) atoms. The van der Waals surface area contributed by atoms with E-state index in [9.17, 15) is 14.0 Å². The molecule has 5 heteroatoms. The summed E-state index contributed by atoms with van der Waals surface area (Å²) in [7, 11) is 2.01. The Kier molecular flexibility index (Phi) is 3.30. The molecule has 1 heterocycles. The molecule has 1 atom stereocenters. The van der Waals surface area contributed by atoms with Crippen molar-refractivity contribution in [3.05, 3.63) is 35.1 Å². The molecule has 1 fully saturated rings. The van der Waals surface area contributed by atoms with Crippen LogP contribution in [0.25, 0.3) is 0 Å². The van der Waals surface area contributed by atoms with Crippen LogP contribution in [0, 0.1) is 5.82 Å². The van der Waals surface area contributed by atoms with Gasteiger partial charge in [-0.1, -0.05) is 12.1 Å². The summed E-state index contributed by atoms with van der Waals surface area (Å²) in [6.07, 6.45) is 0.0987. The number of hydrogen-bond donors (Lipinski definition) is 0. The number of nitrogens with zero attached hydrogens (tertiary/aromatic N) is 2. The fraction of sp³-hybridized carbons (Fsp3) is 0.467. The van der Waals surface area contributed by atoms with Crippen molar-refractivity contribution in [2.45, 2.75) is 12.3 Å². The summed E-state index contributed by atoms with van der Waals surface area (Å²) >= 11 is 0. The van der Waals surface area contributed by atoms with Crippen molar-refractivity contribution in [2.24, 2.45) is 0 Å². The predicted octanol–water partition coefficient (Wildman–Crippen LogP) is 1.27. The Morgan fingerprint density at radius 3 is 2.65 bits per heavy atom. The van der Waals surface area contributed by atoms with Crippen LogP contribution < -0.4 is 0 Å². The Balaban J connectivity index is 1.86. The summed E-state index contributed by atoms with van der Waals surface area (Å²) in [5, 5.41) is 0. The quantitative estimate of drug-likeness (QED) is 0.775. The van der Waals surface area contributed by atoms with E-state index in [4.69, 9.17) is 0 Å². The molecule has 0 spiro atoms. The van der Waals surface area contributed by atoms with Gasteiger partial charge in [-0.05, 0) is 13.1 Å². The van der Waals surface area contributed by atoms with Gasteiger partial charge in [0.15, 0.2) is 5.78 Å². The summed E-state index contributed by atoms with van der Waals surface area (Å²) in [6, 6.07) is 4.45. The largest absolute Gasteiger partial charge is 0.340 e. The number of rotatable bonds is 1. The van der Waals surface area contributed by atoms with E-state index in [2.05, 4.69) is 4.90 Å². The van der Waals surface area contributed by atoms with Crippen molar-refractivity contribution in [2.75, 3.05) is 33.2 Å². The summed E-state index contributed by atoms with van der Waals surface area (Å²) in [5.41, 5.74) is 0.666. The zero-order chi connectivity index (χ0) is 14.3. The molecule has 4 nitrogen and oxygen atoms in total. The average Bonchev–Trinajstić information content (AvgIpc) is 2.78. The van der Waals surface area contributed by atoms with Gasteiger partial charge in [0.25, 0.3) is 0 Å². The van der Waals surface area contributed by atoms with Gasteiger partial charge in [0.2, 0.25) is 5.91 Å². The number of halogens is 1. The van der Waals surface area contributed by atoms with Gasteiger partial charge in [0.05, 0.1) is 5.92 Å². The third-order valence-corrected chi connectivity index (χ3v) is 4.20. The van der Waals surface area contributed by atoms with E-state index in [-0.39, 0.29) is 18.1 Å². The standard InChI is InChI=1S/C15H17FN2O2/c1-17-5-7-18(8-6-17)15(20)11-9-13(19)10-3-2-4-12(16)14(10)11/h2-4,11H,5-9H2,1H3. The molecule has 0 N–H and O–H groups in total. The van der Waals surface area contributed by atoms with Crippen LogP contribution >= 0.6 is 0 Å². The molecule has 1 aromatic carbocycles. The molecule has 1 unspecified atom stereocenters. The minimum absolute atomic E-state index is 0.0987. The number of likely N-dealkylation sites (N-methyl/N-ethyl adjacent to an activating group) is 1. The summed E-state index contributed by atoms with van der Waals surface area (Å²) in [6.45, 7) is 2.92. The molecule has 1 amide bonds. The minimum Gasteiger partial charge on any atom is -0.340 e. The number of Topliss-reactive ketones (excluding diaryl/α,β-unsaturated/α-hetero) is 1. The Labute approximate surface area is 117 Å². The van der Waals surface area contributed by atoms with Gasteiger partial charge >= 0.3 is 0 Å². The maximum Gasteiger partial charge on any atom is 0.230 e. The molecule has 1 aromatic rings. The zero-order valence-electron chi connectivity index (χ0n) is 11.4. The molecule has 2 aliphatic rings. The maximum atomic E-state index is 14.0. The maximum absolute atomic E-state index is 14.0. The van der Waals surface area contributed by atoms with Gasteiger partial charge in [0.1, 0.15) is 5.82 Å². The Morgan fingerprint density at radius 2 is 1.95 bits per heavy atom. The van der Waals surface area contributed by atoms with Gasteiger partial charge in [-0.2, -0.15) is 0 Å². The molecule has 106 valence electrons. The molecule has 1 aliphatic carbocycles. The first-order valence-corrected chi connectivity index (χ1v) is 6.87. The van der Waals surface area contributed by atoms with Gasteiger partial charge in [-0.15, -0.1) is 0 Å². The SMILES string of the molecule is CN1CCN(C(=O)C2CC(=O)c3cccc(F)c32)CC1. The molecule has 0 radical (unpaired) electrons. The average molecular weight is 276 g/mol. The van der Waals surface area contributed by atoms with Crippen LogP contribution in [0.3, 0.4) is 0 Å². The summed E-state index contributed by atoms with van der Waals surface area (Å²) in [5.74, 6) is -1.33. The van der Waals surface area contributed by atoms with Gasteiger partial charge in [-0.3, -0.25) is 9.59 Å². The first-order chi connectivity index (χ1) is 9.58. The van der Waals surface area contributed by atoms with Crippen LogP contribution in [0.2, 0.25) is 0 Å². The van der Waals surface area contributed by atoms with Crippen LogP contribution in [0.4, 0.5) is 4.39 Å². The van der Waals surface area contributed by atoms with E-state index in [1.165, 1.54) is 12.1 Å². The van der Waals surface area contributed by atoms with E-state index < -0.39 is 11.7 Å². The lowest BCUT2D eigenvalue weighted by Crippen LogP contribution is -2.48. The minimum atomic E-state index is -0.637. The molecule has 3 rings (SSSR count). The van der Waals surface area contributed by atoms with Crippen LogP contribution in [-0.4, -0.2) is 54.7 Å². The second-order valence-electron chi connectivity index (χ2n) is 5.51. The van der Waals surface area contributed by atoms with Gasteiger partial charge in [0, 0.05) is 43.7 Å². The number of piperazine rings is 1. The van der Waals surface area contributed by atoms with E-state index in [1.54, 1.807) is 11.0 Å². The number of ketones is 1. The Hall–Kier alpha value is -1.75. The summed E-state index contributed by atoms with van der Waals surface area (Å²) in [4.78, 5) is 28.4. The lowest BCUT2D eigenvalue weighted by atomic mass is 9.99. The monoisotopic (exact) mass is 276 g/mol. The highest BCUT2D eigenvalue weighted by atomic mass is 19.1. The zero-order valence-corrected chi connectivity index (χ0v) is 11.4. The molecular formula is C15H17FN2O2. The number of fused-ring (bicyclic) bond motifs is 1. The Bertz CT molecular complexity index is 565. The lowest BCUT2D eigenvalue weighted by molar-refractivity contribution is -0.134. The summed E-state index contributed by atoms with van der Waals surface area (Å²) < 4.78 is 14.0. The second kappa shape index (κ2) is 4.98. The van der Waals surface area contributed by atoms with Crippen molar-refractivity contribution in [1.29, 1.82) is 0 Å². The van der Waals surface area contributed by atoms with Crippen molar-refractivity contribution in [3.63, 3.8) is 0 Å². The molecule has 0 aromatic heterocycles. The van der Waals surface area contributed by atoms with Crippen LogP contribution in [0.1, 0.15) is 28.3 Å². The van der Waals surface area contributed by atoms with Crippen LogP contribution in [0.5, 0.6) is 0 Å². The third-order valence-electron chi connectivity index (χ3n) is 4.20. The van der Waals surface area contributed by atoms with E-state index >= 15 is 0 Å². The second-order valence-corrected chi connectivity index (χ2v) is 5.51. The van der Waals surface area contributed by atoms with Crippen LogP contribution in [0.15, 0.2) is 18.2 Å². The number of carbonyl (C=O) groups is 2. The van der Waals surface area contributed by atoms with E-state index in [0.717, 1.165) is 13.1 Å². The van der Waals surface area contributed by atoms with Crippen molar-refractivity contribution < 1.29 is 14.0 Å². The van der Waals surface area contributed by atoms with Crippen molar-refractivity contribution in [3.8, 4) is 0 Å². The Morgan fingerprint density at radius 1 is 1.25 bits per heavy atom. The number of hydrogen-bond acceptors (Lipinski definition) is 3. The van der Waals surface area contributed by atoms with Crippen molar-refractivity contribution >= 4 is 11.7 Å². The number of carbonyl (C=O) groups excluding carboxylic acids is 2. The highest BCUT2D eigenvalue weighted by Gasteiger charge is 2.39. The van der Waals surface area contributed by atoms with Gasteiger partial charge in [-0.25, -0.2) is 4.39 Å². The van der Waals surface area contributed by atoms with Crippen LogP contribution in [-0.2, 0) is 4.79 Å². The normalized spacial score (nSPS) is 23.0. The fourth-order valence-electron chi connectivity index (χ4n) is 2.99. The number of benzene rings is 1. The lowest BCUT2D eigenvalue weighted by Gasteiger charge is -2.34. The highest BCUT2D eigenvalue weighted by Crippen LogP contribution is 2.36. The third kappa shape index (κ3) is 2.12. The van der Waals surface area contributed by atoms with E-state index in [1.807, 2.05) is 7.05 Å².